The molecular formula is C19H24N4O3. The minimum absolute atomic E-state index is 0.0383. The lowest BCUT2D eigenvalue weighted by molar-refractivity contribution is 0.0718. The van der Waals surface area contributed by atoms with Crippen LogP contribution in [0.25, 0.3) is 0 Å². The number of nitrogens with zero attached hydrogens (tertiary/aromatic N) is 3. The number of benzene rings is 1. The zero-order valence-electron chi connectivity index (χ0n) is 15.2. The predicted molar refractivity (Wildman–Crippen MR) is 98.7 cm³/mol. The Bertz CT molecular complexity index is 743. The molecule has 0 atom stereocenters. The fourth-order valence-electron chi connectivity index (χ4n) is 2.97. The van der Waals surface area contributed by atoms with Gasteiger partial charge >= 0.3 is 0 Å². The monoisotopic (exact) mass is 356 g/mol. The molecule has 1 aliphatic heterocycles. The van der Waals surface area contributed by atoms with E-state index < -0.39 is 0 Å². The fraction of sp³-hybridized carbons (Fsp3) is 0.421. The molecular weight excluding hydrogens is 332 g/mol. The Kier molecular flexibility index (Phi) is 5.88. The molecule has 7 nitrogen and oxygen atoms in total. The standard InChI is InChI=1S/C19H24N4O3/c1-25-16-7-6-14(10-17(16)26-2)11-21-18-13-20-15(12-22-18)19(24)23-8-4-3-5-9-23/h6-7,10,12-13H,3-5,8-9,11H2,1-2H3,(H,21,22). The average molecular weight is 356 g/mol. The highest BCUT2D eigenvalue weighted by atomic mass is 16.5. The molecule has 26 heavy (non-hydrogen) atoms. The Morgan fingerprint density at radius 1 is 1.08 bits per heavy atom. The Morgan fingerprint density at radius 2 is 1.85 bits per heavy atom. The number of carbonyl (C=O) groups is 1. The van der Waals surface area contributed by atoms with E-state index in [4.69, 9.17) is 9.47 Å². The number of likely N-dealkylation sites (tertiary alicyclic amines) is 1. The van der Waals surface area contributed by atoms with E-state index in [0.29, 0.717) is 29.6 Å². The van der Waals surface area contributed by atoms with Crippen molar-refractivity contribution in [3.8, 4) is 11.5 Å². The zero-order chi connectivity index (χ0) is 18.4. The molecule has 0 radical (unpaired) electrons. The van der Waals surface area contributed by atoms with Crippen LogP contribution in [0.5, 0.6) is 11.5 Å². The summed E-state index contributed by atoms with van der Waals surface area (Å²) in [6.45, 7) is 2.17. The van der Waals surface area contributed by atoms with Crippen LogP contribution in [-0.2, 0) is 6.54 Å². The maximum absolute atomic E-state index is 12.4. The maximum Gasteiger partial charge on any atom is 0.274 e. The molecule has 138 valence electrons. The van der Waals surface area contributed by atoms with Gasteiger partial charge in [-0.15, -0.1) is 0 Å². The number of amides is 1. The van der Waals surface area contributed by atoms with Crippen molar-refractivity contribution in [1.29, 1.82) is 0 Å². The maximum atomic E-state index is 12.4. The van der Waals surface area contributed by atoms with Crippen molar-refractivity contribution in [3.63, 3.8) is 0 Å². The molecule has 3 rings (SSSR count). The quantitative estimate of drug-likeness (QED) is 0.858. The largest absolute Gasteiger partial charge is 0.493 e. The van der Waals surface area contributed by atoms with Gasteiger partial charge in [-0.25, -0.2) is 9.97 Å². The number of rotatable bonds is 6. The Labute approximate surface area is 153 Å². The van der Waals surface area contributed by atoms with Crippen LogP contribution in [0.3, 0.4) is 0 Å². The van der Waals surface area contributed by atoms with Gasteiger partial charge in [-0.1, -0.05) is 6.07 Å². The number of hydrogen-bond donors (Lipinski definition) is 1. The lowest BCUT2D eigenvalue weighted by atomic mass is 10.1. The highest BCUT2D eigenvalue weighted by Gasteiger charge is 2.19. The molecule has 0 aliphatic carbocycles. The van der Waals surface area contributed by atoms with E-state index >= 15 is 0 Å². The molecule has 0 spiro atoms. The van der Waals surface area contributed by atoms with Crippen LogP contribution in [0.15, 0.2) is 30.6 Å². The third-order valence-electron chi connectivity index (χ3n) is 4.44. The topological polar surface area (TPSA) is 76.6 Å². The van der Waals surface area contributed by atoms with E-state index in [-0.39, 0.29) is 5.91 Å². The van der Waals surface area contributed by atoms with E-state index in [1.54, 1.807) is 20.4 Å². The van der Waals surface area contributed by atoms with E-state index in [2.05, 4.69) is 15.3 Å². The molecule has 1 amide bonds. The molecule has 7 heteroatoms. The summed E-state index contributed by atoms with van der Waals surface area (Å²) in [6, 6.07) is 5.73. The molecule has 0 unspecified atom stereocenters. The smallest absolute Gasteiger partial charge is 0.274 e. The Hall–Kier alpha value is -2.83. The second-order valence-electron chi connectivity index (χ2n) is 6.18. The molecule has 2 heterocycles. The first-order valence-corrected chi connectivity index (χ1v) is 8.77. The Balaban J connectivity index is 1.60. The second kappa shape index (κ2) is 8.51. The molecule has 1 aromatic heterocycles. The first kappa shape index (κ1) is 18.0. The van der Waals surface area contributed by atoms with Crippen molar-refractivity contribution in [2.24, 2.45) is 0 Å². The minimum Gasteiger partial charge on any atom is -0.493 e. The SMILES string of the molecule is COc1ccc(CNc2cnc(C(=O)N3CCCCC3)cn2)cc1OC. The van der Waals surface area contributed by atoms with Gasteiger partial charge in [0.1, 0.15) is 11.5 Å². The third-order valence-corrected chi connectivity index (χ3v) is 4.44. The zero-order valence-corrected chi connectivity index (χ0v) is 15.2. The summed E-state index contributed by atoms with van der Waals surface area (Å²) < 4.78 is 10.5. The van der Waals surface area contributed by atoms with Crippen LogP contribution < -0.4 is 14.8 Å². The molecule has 1 fully saturated rings. The van der Waals surface area contributed by atoms with Gasteiger partial charge in [0.05, 0.1) is 26.6 Å². The number of hydrogen-bond acceptors (Lipinski definition) is 6. The predicted octanol–water partition coefficient (Wildman–Crippen LogP) is 2.73. The summed E-state index contributed by atoms with van der Waals surface area (Å²) in [5.74, 6) is 1.95. The van der Waals surface area contributed by atoms with Crippen LogP contribution in [0.2, 0.25) is 0 Å². The van der Waals surface area contributed by atoms with E-state index in [0.717, 1.165) is 31.5 Å². The lowest BCUT2D eigenvalue weighted by Crippen LogP contribution is -2.36. The van der Waals surface area contributed by atoms with E-state index in [1.165, 1.54) is 12.6 Å². The van der Waals surface area contributed by atoms with Gasteiger partial charge in [0, 0.05) is 19.6 Å². The minimum atomic E-state index is -0.0383. The summed E-state index contributed by atoms with van der Waals surface area (Å²) >= 11 is 0. The summed E-state index contributed by atoms with van der Waals surface area (Å²) in [5, 5.41) is 3.20. The molecule has 1 aliphatic rings. The average Bonchev–Trinajstić information content (AvgIpc) is 2.72. The Morgan fingerprint density at radius 3 is 2.50 bits per heavy atom. The van der Waals surface area contributed by atoms with Crippen molar-refractivity contribution < 1.29 is 14.3 Å². The molecule has 1 aromatic carbocycles. The van der Waals surface area contributed by atoms with Gasteiger partial charge in [0.2, 0.25) is 0 Å². The van der Waals surface area contributed by atoms with Crippen LogP contribution in [0.4, 0.5) is 5.82 Å². The molecule has 1 N–H and O–H groups in total. The van der Waals surface area contributed by atoms with Crippen molar-refractivity contribution in [3.05, 3.63) is 41.9 Å². The summed E-state index contributed by atoms with van der Waals surface area (Å²) in [4.78, 5) is 22.8. The molecule has 0 saturated carbocycles. The first-order chi connectivity index (χ1) is 12.7. The third kappa shape index (κ3) is 4.22. The van der Waals surface area contributed by atoms with Crippen molar-refractivity contribution in [1.82, 2.24) is 14.9 Å². The number of aromatic nitrogens is 2. The van der Waals surface area contributed by atoms with Crippen molar-refractivity contribution >= 4 is 11.7 Å². The number of nitrogens with one attached hydrogen (secondary N) is 1. The molecule has 0 bridgehead atoms. The van der Waals surface area contributed by atoms with Gasteiger partial charge in [-0.05, 0) is 37.0 Å². The lowest BCUT2D eigenvalue weighted by Gasteiger charge is -2.26. The molecule has 2 aromatic rings. The van der Waals surface area contributed by atoms with Crippen LogP contribution >= 0.6 is 0 Å². The highest BCUT2D eigenvalue weighted by molar-refractivity contribution is 5.92. The number of anilines is 1. The van der Waals surface area contributed by atoms with Gasteiger partial charge in [-0.2, -0.15) is 0 Å². The molecule has 1 saturated heterocycles. The van der Waals surface area contributed by atoms with Gasteiger partial charge < -0.3 is 19.7 Å². The van der Waals surface area contributed by atoms with Crippen LogP contribution in [-0.4, -0.2) is 48.1 Å². The first-order valence-electron chi connectivity index (χ1n) is 8.77. The summed E-state index contributed by atoms with van der Waals surface area (Å²) in [5.41, 5.74) is 1.42. The number of ether oxygens (including phenoxy) is 2. The summed E-state index contributed by atoms with van der Waals surface area (Å²) in [6.07, 6.45) is 6.44. The van der Waals surface area contributed by atoms with E-state index in [9.17, 15) is 4.79 Å². The van der Waals surface area contributed by atoms with Gasteiger partial charge in [0.15, 0.2) is 11.5 Å². The summed E-state index contributed by atoms with van der Waals surface area (Å²) in [7, 11) is 3.22. The second-order valence-corrected chi connectivity index (χ2v) is 6.18. The highest BCUT2D eigenvalue weighted by Crippen LogP contribution is 2.27. The number of piperidine rings is 1. The number of methoxy groups -OCH3 is 2. The fourth-order valence-corrected chi connectivity index (χ4v) is 2.97. The van der Waals surface area contributed by atoms with Crippen LogP contribution in [0, 0.1) is 0 Å². The normalized spacial score (nSPS) is 14.0. The van der Waals surface area contributed by atoms with Crippen LogP contribution in [0.1, 0.15) is 35.3 Å². The van der Waals surface area contributed by atoms with Gasteiger partial charge in [-0.3, -0.25) is 4.79 Å². The number of carbonyl (C=O) groups excluding carboxylic acids is 1. The van der Waals surface area contributed by atoms with Crippen molar-refractivity contribution in [2.45, 2.75) is 25.8 Å². The van der Waals surface area contributed by atoms with E-state index in [1.807, 2.05) is 23.1 Å². The van der Waals surface area contributed by atoms with Gasteiger partial charge in [0.25, 0.3) is 5.91 Å². The van der Waals surface area contributed by atoms with Crippen molar-refractivity contribution in [2.75, 3.05) is 32.6 Å².